The van der Waals surface area contributed by atoms with Crippen LogP contribution in [0.25, 0.3) is 0 Å². The second-order valence-electron chi connectivity index (χ2n) is 7.45. The van der Waals surface area contributed by atoms with Crippen molar-refractivity contribution in [1.29, 1.82) is 0 Å². The van der Waals surface area contributed by atoms with Crippen molar-refractivity contribution in [2.45, 2.75) is 19.3 Å². The first-order valence-corrected chi connectivity index (χ1v) is 11.1. The Morgan fingerprint density at radius 1 is 1.09 bits per heavy atom. The van der Waals surface area contributed by atoms with Crippen LogP contribution in [0.15, 0.2) is 48.5 Å². The minimum absolute atomic E-state index is 0.0872. The highest BCUT2D eigenvalue weighted by molar-refractivity contribution is 7.15. The van der Waals surface area contributed by atoms with Crippen LogP contribution in [0.5, 0.6) is 11.5 Å². The van der Waals surface area contributed by atoms with Gasteiger partial charge in [-0.3, -0.25) is 9.59 Å². The zero-order valence-corrected chi connectivity index (χ0v) is 18.7. The molecule has 1 N–H and O–H groups in total. The van der Waals surface area contributed by atoms with Crippen molar-refractivity contribution < 1.29 is 19.1 Å². The largest absolute Gasteiger partial charge is 0.497 e. The van der Waals surface area contributed by atoms with E-state index in [0.29, 0.717) is 17.4 Å². The molecule has 9 heteroatoms. The van der Waals surface area contributed by atoms with Gasteiger partial charge in [0.05, 0.1) is 20.1 Å². The molecule has 1 saturated heterocycles. The smallest absolute Gasteiger partial charge is 0.231 e. The molecule has 0 aliphatic carbocycles. The molecule has 0 radical (unpaired) electrons. The minimum atomic E-state index is -0.444. The van der Waals surface area contributed by atoms with Crippen molar-refractivity contribution in [2.24, 2.45) is 5.92 Å². The normalized spacial score (nSPS) is 15.6. The Morgan fingerprint density at radius 2 is 1.88 bits per heavy atom. The molecule has 2 amide bonds. The Labute approximate surface area is 190 Å². The number of hydrogen-bond donors (Lipinski definition) is 1. The third-order valence-corrected chi connectivity index (χ3v) is 6.24. The lowest BCUT2D eigenvalue weighted by Crippen LogP contribution is -2.28. The average molecular weight is 453 g/mol. The molecule has 1 aromatic heterocycles. The summed E-state index contributed by atoms with van der Waals surface area (Å²) in [5.74, 6) is 0.738. The number of hydrogen-bond acceptors (Lipinski definition) is 7. The Balaban J connectivity index is 1.32. The van der Waals surface area contributed by atoms with Crippen LogP contribution in [-0.2, 0) is 22.4 Å². The lowest BCUT2D eigenvalue weighted by Gasteiger charge is -2.17. The number of nitrogens with zero attached hydrogens (tertiary/aromatic N) is 3. The van der Waals surface area contributed by atoms with E-state index in [1.807, 2.05) is 42.5 Å². The van der Waals surface area contributed by atoms with Crippen molar-refractivity contribution in [3.05, 3.63) is 59.1 Å². The van der Waals surface area contributed by atoms with Crippen LogP contribution in [0.4, 0.5) is 10.8 Å². The highest BCUT2D eigenvalue weighted by Gasteiger charge is 2.35. The molecule has 8 nitrogen and oxygen atoms in total. The van der Waals surface area contributed by atoms with E-state index in [4.69, 9.17) is 9.47 Å². The monoisotopic (exact) mass is 452 g/mol. The molecule has 3 aromatic rings. The first-order valence-electron chi connectivity index (χ1n) is 10.3. The summed E-state index contributed by atoms with van der Waals surface area (Å²) in [6, 6.07) is 15.2. The average Bonchev–Trinajstić information content (AvgIpc) is 3.44. The third-order valence-electron chi connectivity index (χ3n) is 5.34. The van der Waals surface area contributed by atoms with Crippen LogP contribution in [0.1, 0.15) is 17.0 Å². The number of amides is 2. The number of methoxy groups -OCH3 is 2. The molecule has 1 aliphatic heterocycles. The summed E-state index contributed by atoms with van der Waals surface area (Å²) in [7, 11) is 3.22. The van der Waals surface area contributed by atoms with Gasteiger partial charge in [-0.1, -0.05) is 29.5 Å². The summed E-state index contributed by atoms with van der Waals surface area (Å²) in [4.78, 5) is 26.8. The fourth-order valence-electron chi connectivity index (χ4n) is 3.57. The molecule has 0 saturated carbocycles. The Bertz CT molecular complexity index is 1100. The number of carbonyl (C=O) groups excluding carboxylic acids is 2. The number of nitrogens with one attached hydrogen (secondary N) is 1. The summed E-state index contributed by atoms with van der Waals surface area (Å²) < 4.78 is 10.4. The van der Waals surface area contributed by atoms with Crippen molar-refractivity contribution in [2.75, 3.05) is 31.0 Å². The number of rotatable bonds is 8. The van der Waals surface area contributed by atoms with Gasteiger partial charge < -0.3 is 19.7 Å². The van der Waals surface area contributed by atoms with Gasteiger partial charge in [0, 0.05) is 31.1 Å². The fourth-order valence-corrected chi connectivity index (χ4v) is 4.31. The topological polar surface area (TPSA) is 93.7 Å². The van der Waals surface area contributed by atoms with Crippen LogP contribution in [0, 0.1) is 5.92 Å². The maximum atomic E-state index is 12.7. The van der Waals surface area contributed by atoms with Gasteiger partial charge >= 0.3 is 0 Å². The number of carbonyl (C=O) groups is 2. The standard InChI is InChI=1S/C23H24N4O4S/c1-30-18-9-6-15(7-10-18)8-11-20-25-26-23(32-20)24-22(29)16-12-21(28)27(14-16)17-4-3-5-19(13-17)31-2/h3-7,9-10,13,16H,8,11-12,14H2,1-2H3,(H,24,26,29)/t16-/m0/s1. The van der Waals surface area contributed by atoms with E-state index in [-0.39, 0.29) is 18.2 Å². The van der Waals surface area contributed by atoms with Crippen molar-refractivity contribution in [3.8, 4) is 11.5 Å². The van der Waals surface area contributed by atoms with Gasteiger partial charge in [0.1, 0.15) is 16.5 Å². The molecular weight excluding hydrogens is 428 g/mol. The Kier molecular flexibility index (Phi) is 6.65. The van der Waals surface area contributed by atoms with Crippen LogP contribution in [0.2, 0.25) is 0 Å². The lowest BCUT2D eigenvalue weighted by molar-refractivity contribution is -0.122. The first-order chi connectivity index (χ1) is 15.6. The molecule has 166 valence electrons. The van der Waals surface area contributed by atoms with Crippen LogP contribution < -0.4 is 19.7 Å². The van der Waals surface area contributed by atoms with Gasteiger partial charge in [-0.25, -0.2) is 0 Å². The first kappa shape index (κ1) is 21.8. The van der Waals surface area contributed by atoms with Crippen LogP contribution in [0.3, 0.4) is 0 Å². The van der Waals surface area contributed by atoms with Gasteiger partial charge in [0.2, 0.25) is 16.9 Å². The van der Waals surface area contributed by atoms with Crippen molar-refractivity contribution in [1.82, 2.24) is 10.2 Å². The number of benzene rings is 2. The molecule has 1 aliphatic rings. The van der Waals surface area contributed by atoms with E-state index in [1.54, 1.807) is 25.2 Å². The highest BCUT2D eigenvalue weighted by atomic mass is 32.1. The van der Waals surface area contributed by atoms with E-state index in [2.05, 4.69) is 15.5 Å². The fraction of sp³-hybridized carbons (Fsp3) is 0.304. The molecular formula is C23H24N4O4S. The van der Waals surface area contributed by atoms with E-state index < -0.39 is 5.92 Å². The summed E-state index contributed by atoms with van der Waals surface area (Å²) >= 11 is 1.36. The molecule has 2 heterocycles. The molecule has 4 rings (SSSR count). The van der Waals surface area contributed by atoms with E-state index in [9.17, 15) is 9.59 Å². The molecule has 0 bridgehead atoms. The van der Waals surface area contributed by atoms with Gasteiger partial charge in [-0.15, -0.1) is 10.2 Å². The molecule has 1 fully saturated rings. The summed E-state index contributed by atoms with van der Waals surface area (Å²) in [6.07, 6.45) is 1.71. The molecule has 0 spiro atoms. The molecule has 1 atom stereocenters. The predicted octanol–water partition coefficient (Wildman–Crippen LogP) is 3.33. The summed E-state index contributed by atoms with van der Waals surface area (Å²) in [6.45, 7) is 0.320. The van der Waals surface area contributed by atoms with Crippen LogP contribution >= 0.6 is 11.3 Å². The maximum absolute atomic E-state index is 12.7. The molecule has 2 aromatic carbocycles. The van der Waals surface area contributed by atoms with Gasteiger partial charge in [0.15, 0.2) is 0 Å². The van der Waals surface area contributed by atoms with Crippen molar-refractivity contribution in [3.63, 3.8) is 0 Å². The van der Waals surface area contributed by atoms with E-state index in [0.717, 1.165) is 29.3 Å². The second kappa shape index (κ2) is 9.78. The predicted molar refractivity (Wildman–Crippen MR) is 122 cm³/mol. The molecule has 0 unspecified atom stereocenters. The minimum Gasteiger partial charge on any atom is -0.497 e. The zero-order valence-electron chi connectivity index (χ0n) is 17.9. The number of aromatic nitrogens is 2. The van der Waals surface area contributed by atoms with Crippen LogP contribution in [-0.4, -0.2) is 42.8 Å². The SMILES string of the molecule is COc1ccc(CCc2nnc(NC(=O)[C@H]3CC(=O)N(c4cccc(OC)c4)C3)s2)cc1. The van der Waals surface area contributed by atoms with Crippen molar-refractivity contribution >= 4 is 34.0 Å². The summed E-state index contributed by atoms with van der Waals surface area (Å²) in [5, 5.41) is 12.4. The second-order valence-corrected chi connectivity index (χ2v) is 8.51. The van der Waals surface area contributed by atoms with E-state index in [1.165, 1.54) is 16.9 Å². The zero-order chi connectivity index (χ0) is 22.5. The third kappa shape index (κ3) is 5.05. The summed E-state index contributed by atoms with van der Waals surface area (Å²) in [5.41, 5.74) is 1.90. The number of aryl methyl sites for hydroxylation is 2. The Morgan fingerprint density at radius 3 is 2.62 bits per heavy atom. The van der Waals surface area contributed by atoms with E-state index >= 15 is 0 Å². The van der Waals surface area contributed by atoms with Gasteiger partial charge in [0.25, 0.3) is 0 Å². The number of ether oxygens (including phenoxy) is 2. The lowest BCUT2D eigenvalue weighted by atomic mass is 10.1. The molecule has 32 heavy (non-hydrogen) atoms. The maximum Gasteiger partial charge on any atom is 0.231 e. The highest BCUT2D eigenvalue weighted by Crippen LogP contribution is 2.29. The van der Waals surface area contributed by atoms with Gasteiger partial charge in [-0.05, 0) is 36.2 Å². The quantitative estimate of drug-likeness (QED) is 0.564. The van der Waals surface area contributed by atoms with Gasteiger partial charge in [-0.2, -0.15) is 0 Å². The number of anilines is 2. The Hall–Kier alpha value is -3.46.